The van der Waals surface area contributed by atoms with Crippen molar-refractivity contribution in [3.05, 3.63) is 28.5 Å². The van der Waals surface area contributed by atoms with Crippen molar-refractivity contribution in [2.24, 2.45) is 11.8 Å². The number of hydrogen-bond donors (Lipinski definition) is 1. The zero-order chi connectivity index (χ0) is 14.7. The van der Waals surface area contributed by atoms with Crippen molar-refractivity contribution in [3.63, 3.8) is 0 Å². The average molecular weight is 354 g/mol. The summed E-state index contributed by atoms with van der Waals surface area (Å²) in [5.41, 5.74) is 0.934. The molecule has 1 N–H and O–H groups in total. The van der Waals surface area contributed by atoms with Crippen LogP contribution in [0.3, 0.4) is 0 Å². The topological polar surface area (TPSA) is 12.0 Å². The highest BCUT2D eigenvalue weighted by Crippen LogP contribution is 2.39. The van der Waals surface area contributed by atoms with Gasteiger partial charge in [-0.25, -0.2) is 4.39 Å². The third kappa shape index (κ3) is 3.80. The third-order valence-corrected chi connectivity index (χ3v) is 5.99. The quantitative estimate of drug-likeness (QED) is 0.687. The molecular weight excluding hydrogens is 329 g/mol. The standard InChI is InChI=1S/C18H25BrFN/c19-16-11-10-14(12-17(16)20)21-18-9-5-4-8-15(18)13-6-2-1-3-7-13/h10-13,15,18,21H,1-9H2. The van der Waals surface area contributed by atoms with Crippen LogP contribution < -0.4 is 5.32 Å². The summed E-state index contributed by atoms with van der Waals surface area (Å²) in [6.07, 6.45) is 12.3. The van der Waals surface area contributed by atoms with E-state index in [9.17, 15) is 4.39 Å². The minimum Gasteiger partial charge on any atom is -0.382 e. The Kier molecular flexibility index (Phi) is 5.20. The largest absolute Gasteiger partial charge is 0.382 e. The summed E-state index contributed by atoms with van der Waals surface area (Å²) >= 11 is 3.23. The smallest absolute Gasteiger partial charge is 0.139 e. The predicted octanol–water partition coefficient (Wildman–Crippen LogP) is 6.14. The van der Waals surface area contributed by atoms with Gasteiger partial charge in [0.05, 0.1) is 4.47 Å². The second-order valence-corrected chi connectivity index (χ2v) is 7.58. The second kappa shape index (κ2) is 7.13. The van der Waals surface area contributed by atoms with E-state index in [1.165, 1.54) is 57.8 Å². The number of rotatable bonds is 3. The molecule has 0 aromatic heterocycles. The number of benzene rings is 1. The van der Waals surface area contributed by atoms with Gasteiger partial charge < -0.3 is 5.32 Å². The summed E-state index contributed by atoms with van der Waals surface area (Å²) in [6.45, 7) is 0. The number of hydrogen-bond acceptors (Lipinski definition) is 1. The Labute approximate surface area is 135 Å². The maximum Gasteiger partial charge on any atom is 0.139 e. The van der Waals surface area contributed by atoms with E-state index in [1.54, 1.807) is 12.1 Å². The molecule has 0 heterocycles. The van der Waals surface area contributed by atoms with E-state index < -0.39 is 0 Å². The summed E-state index contributed by atoms with van der Waals surface area (Å²) in [5.74, 6) is 1.49. The zero-order valence-corrected chi connectivity index (χ0v) is 14.2. The van der Waals surface area contributed by atoms with Gasteiger partial charge in [-0.3, -0.25) is 0 Å². The lowest BCUT2D eigenvalue weighted by Crippen LogP contribution is -2.37. The molecule has 0 spiro atoms. The Hall–Kier alpha value is -0.570. The second-order valence-electron chi connectivity index (χ2n) is 6.73. The Morgan fingerprint density at radius 1 is 0.952 bits per heavy atom. The first-order valence-electron chi connectivity index (χ1n) is 8.45. The third-order valence-electron chi connectivity index (χ3n) is 5.35. The van der Waals surface area contributed by atoms with Gasteiger partial charge in [-0.15, -0.1) is 0 Å². The maximum atomic E-state index is 13.7. The molecule has 0 amide bonds. The fourth-order valence-electron chi connectivity index (χ4n) is 4.27. The van der Waals surface area contributed by atoms with Crippen molar-refractivity contribution in [3.8, 4) is 0 Å². The van der Waals surface area contributed by atoms with Gasteiger partial charge in [0.25, 0.3) is 0 Å². The van der Waals surface area contributed by atoms with Crippen molar-refractivity contribution in [2.45, 2.75) is 63.8 Å². The minimum absolute atomic E-state index is 0.176. The Morgan fingerprint density at radius 2 is 1.67 bits per heavy atom. The van der Waals surface area contributed by atoms with Crippen molar-refractivity contribution in [1.82, 2.24) is 0 Å². The van der Waals surface area contributed by atoms with Crippen molar-refractivity contribution in [2.75, 3.05) is 5.32 Å². The van der Waals surface area contributed by atoms with E-state index in [0.29, 0.717) is 10.5 Å². The van der Waals surface area contributed by atoms with Gasteiger partial charge in [-0.05, 0) is 58.8 Å². The molecule has 0 radical (unpaired) electrons. The van der Waals surface area contributed by atoms with E-state index in [-0.39, 0.29) is 5.82 Å². The molecule has 0 aliphatic heterocycles. The summed E-state index contributed by atoms with van der Waals surface area (Å²) in [7, 11) is 0. The molecule has 1 aromatic rings. The van der Waals surface area contributed by atoms with Gasteiger partial charge in [0.1, 0.15) is 5.82 Å². The maximum absolute atomic E-state index is 13.7. The molecule has 3 rings (SSSR count). The zero-order valence-electron chi connectivity index (χ0n) is 12.6. The molecule has 2 fully saturated rings. The highest BCUT2D eigenvalue weighted by atomic mass is 79.9. The lowest BCUT2D eigenvalue weighted by atomic mass is 9.71. The van der Waals surface area contributed by atoms with Crippen LogP contribution in [0.2, 0.25) is 0 Å². The normalized spacial score (nSPS) is 27.5. The molecule has 0 saturated heterocycles. The molecule has 116 valence electrons. The molecule has 2 aliphatic carbocycles. The van der Waals surface area contributed by atoms with Crippen LogP contribution in [0.25, 0.3) is 0 Å². The Bertz CT molecular complexity index is 470. The van der Waals surface area contributed by atoms with Crippen molar-refractivity contribution < 1.29 is 4.39 Å². The number of halogens is 2. The van der Waals surface area contributed by atoms with Crippen LogP contribution in [0, 0.1) is 17.7 Å². The molecule has 1 nitrogen and oxygen atoms in total. The van der Waals surface area contributed by atoms with Crippen molar-refractivity contribution >= 4 is 21.6 Å². The first-order valence-corrected chi connectivity index (χ1v) is 9.25. The summed E-state index contributed by atoms with van der Waals surface area (Å²) < 4.78 is 14.2. The molecule has 2 atom stereocenters. The first kappa shape index (κ1) is 15.3. The van der Waals surface area contributed by atoms with Crippen LogP contribution in [0.1, 0.15) is 57.8 Å². The number of nitrogens with one attached hydrogen (secondary N) is 1. The summed E-state index contributed by atoms with van der Waals surface area (Å²) in [5, 5.41) is 3.64. The van der Waals surface area contributed by atoms with Gasteiger partial charge in [0.15, 0.2) is 0 Å². The summed E-state index contributed by atoms with van der Waals surface area (Å²) in [6, 6.07) is 5.94. The average Bonchev–Trinajstić information content (AvgIpc) is 2.52. The molecule has 0 bridgehead atoms. The molecule has 3 heteroatoms. The SMILES string of the molecule is Fc1cc(NC2CCCCC2C2CCCCC2)ccc1Br. The van der Waals surface area contributed by atoms with Gasteiger partial charge >= 0.3 is 0 Å². The fraction of sp³-hybridized carbons (Fsp3) is 0.667. The first-order chi connectivity index (χ1) is 10.2. The van der Waals surface area contributed by atoms with E-state index >= 15 is 0 Å². The predicted molar refractivity (Wildman–Crippen MR) is 90.0 cm³/mol. The van der Waals surface area contributed by atoms with E-state index in [0.717, 1.165) is 17.5 Å². The van der Waals surface area contributed by atoms with Gasteiger partial charge in [-0.2, -0.15) is 0 Å². The molecule has 1 aromatic carbocycles. The highest BCUT2D eigenvalue weighted by Gasteiger charge is 2.32. The van der Waals surface area contributed by atoms with Crippen LogP contribution in [0.4, 0.5) is 10.1 Å². The molecule has 21 heavy (non-hydrogen) atoms. The van der Waals surface area contributed by atoms with Crippen LogP contribution in [0.15, 0.2) is 22.7 Å². The monoisotopic (exact) mass is 353 g/mol. The van der Waals surface area contributed by atoms with Crippen LogP contribution in [-0.4, -0.2) is 6.04 Å². The van der Waals surface area contributed by atoms with Crippen molar-refractivity contribution in [1.29, 1.82) is 0 Å². The lowest BCUT2D eigenvalue weighted by molar-refractivity contribution is 0.180. The summed E-state index contributed by atoms with van der Waals surface area (Å²) in [4.78, 5) is 0. The molecular formula is C18H25BrFN. The molecule has 2 unspecified atom stereocenters. The van der Waals surface area contributed by atoms with Crippen LogP contribution in [-0.2, 0) is 0 Å². The molecule has 2 saturated carbocycles. The Morgan fingerprint density at radius 3 is 2.43 bits per heavy atom. The fourth-order valence-corrected chi connectivity index (χ4v) is 4.51. The lowest BCUT2D eigenvalue weighted by Gasteiger charge is -2.39. The van der Waals surface area contributed by atoms with E-state index in [1.807, 2.05) is 6.07 Å². The van der Waals surface area contributed by atoms with Gasteiger partial charge in [0, 0.05) is 11.7 Å². The molecule has 2 aliphatic rings. The van der Waals surface area contributed by atoms with Crippen LogP contribution >= 0.6 is 15.9 Å². The van der Waals surface area contributed by atoms with Crippen LogP contribution in [0.5, 0.6) is 0 Å². The van der Waals surface area contributed by atoms with E-state index in [2.05, 4.69) is 21.2 Å². The minimum atomic E-state index is -0.176. The Balaban J connectivity index is 1.69. The van der Waals surface area contributed by atoms with Gasteiger partial charge in [-0.1, -0.05) is 44.9 Å². The highest BCUT2D eigenvalue weighted by molar-refractivity contribution is 9.10. The number of anilines is 1. The van der Waals surface area contributed by atoms with Gasteiger partial charge in [0.2, 0.25) is 0 Å². The van der Waals surface area contributed by atoms with E-state index in [4.69, 9.17) is 0 Å².